The van der Waals surface area contributed by atoms with Gasteiger partial charge in [0, 0.05) is 61.3 Å². The van der Waals surface area contributed by atoms with Crippen molar-refractivity contribution >= 4 is 22.5 Å². The number of aromatic nitrogens is 3. The average Bonchev–Trinajstić information content (AvgIpc) is 3.27. The Hall–Kier alpha value is -3.51. The monoisotopic (exact) mass is 425 g/mol. The van der Waals surface area contributed by atoms with Gasteiger partial charge in [-0.3, -0.25) is 19.7 Å². The maximum Gasteiger partial charge on any atom is 0.221 e. The molecule has 4 aromatic rings. The van der Waals surface area contributed by atoms with Gasteiger partial charge in [0.05, 0.1) is 11.4 Å². The fraction of sp³-hybridized carbons (Fsp3) is 0.269. The Morgan fingerprint density at radius 3 is 2.97 bits per heavy atom. The number of nitrogens with one attached hydrogen (secondary N) is 2. The number of hydrogen-bond donors (Lipinski definition) is 2. The standard InChI is InChI=1S/C26H27N5O/c1-18(32)30-23-6-2-4-21(15-23)25-26(29-12-11-28-25)22-5-3-13-31(17-22)16-19-7-8-24-20(14-19)9-10-27-24/h2,4,6-12,14-15,22,27H,3,5,13,16-17H2,1H3,(H,30,32)/t22-/m1/s1. The Morgan fingerprint density at radius 2 is 2.06 bits per heavy atom. The molecule has 0 bridgehead atoms. The molecule has 32 heavy (non-hydrogen) atoms. The molecule has 1 fully saturated rings. The van der Waals surface area contributed by atoms with Crippen LogP contribution in [0, 0.1) is 0 Å². The number of carbonyl (C=O) groups excluding carboxylic acids is 1. The van der Waals surface area contributed by atoms with Crippen LogP contribution in [0.2, 0.25) is 0 Å². The van der Waals surface area contributed by atoms with Gasteiger partial charge >= 0.3 is 0 Å². The zero-order valence-electron chi connectivity index (χ0n) is 18.2. The van der Waals surface area contributed by atoms with E-state index in [1.165, 1.54) is 23.4 Å². The highest BCUT2D eigenvalue weighted by atomic mass is 16.1. The van der Waals surface area contributed by atoms with Gasteiger partial charge < -0.3 is 10.3 Å². The summed E-state index contributed by atoms with van der Waals surface area (Å²) >= 11 is 0. The largest absolute Gasteiger partial charge is 0.361 e. The van der Waals surface area contributed by atoms with Crippen LogP contribution in [0.3, 0.4) is 0 Å². The fourth-order valence-corrected chi connectivity index (χ4v) is 4.70. The molecule has 2 N–H and O–H groups in total. The van der Waals surface area contributed by atoms with Crippen LogP contribution in [-0.4, -0.2) is 38.8 Å². The first-order valence-corrected chi connectivity index (χ1v) is 11.1. The topological polar surface area (TPSA) is 73.9 Å². The summed E-state index contributed by atoms with van der Waals surface area (Å²) in [5, 5.41) is 4.12. The van der Waals surface area contributed by atoms with E-state index in [9.17, 15) is 4.79 Å². The molecule has 0 radical (unpaired) electrons. The highest BCUT2D eigenvalue weighted by molar-refractivity contribution is 5.89. The van der Waals surface area contributed by atoms with Crippen molar-refractivity contribution in [1.82, 2.24) is 19.9 Å². The van der Waals surface area contributed by atoms with Crippen molar-refractivity contribution < 1.29 is 4.79 Å². The Kier molecular flexibility index (Phi) is 5.69. The zero-order chi connectivity index (χ0) is 21.9. The molecule has 1 amide bonds. The normalized spacial score (nSPS) is 16.8. The second-order valence-corrected chi connectivity index (χ2v) is 8.53. The van der Waals surface area contributed by atoms with Gasteiger partial charge in [-0.15, -0.1) is 0 Å². The summed E-state index contributed by atoms with van der Waals surface area (Å²) < 4.78 is 0. The van der Waals surface area contributed by atoms with Gasteiger partial charge in [-0.25, -0.2) is 0 Å². The Morgan fingerprint density at radius 1 is 1.16 bits per heavy atom. The lowest BCUT2D eigenvalue weighted by Gasteiger charge is -2.33. The van der Waals surface area contributed by atoms with E-state index in [1.54, 1.807) is 12.4 Å². The number of piperidine rings is 1. The minimum Gasteiger partial charge on any atom is -0.361 e. The lowest BCUT2D eigenvalue weighted by Crippen LogP contribution is -2.34. The minimum absolute atomic E-state index is 0.0812. The van der Waals surface area contributed by atoms with Crippen molar-refractivity contribution in [3.05, 3.63) is 78.4 Å². The van der Waals surface area contributed by atoms with E-state index in [0.29, 0.717) is 5.92 Å². The number of benzene rings is 2. The van der Waals surface area contributed by atoms with E-state index in [4.69, 9.17) is 4.98 Å². The third-order valence-corrected chi connectivity index (χ3v) is 6.10. The summed E-state index contributed by atoms with van der Waals surface area (Å²) in [5.41, 5.74) is 6.21. The number of fused-ring (bicyclic) bond motifs is 1. The van der Waals surface area contributed by atoms with Crippen molar-refractivity contribution in [2.24, 2.45) is 0 Å². The number of hydrogen-bond acceptors (Lipinski definition) is 4. The first kappa shape index (κ1) is 20.4. The van der Waals surface area contributed by atoms with Crippen LogP contribution in [0.25, 0.3) is 22.2 Å². The predicted molar refractivity (Wildman–Crippen MR) is 127 cm³/mol. The smallest absolute Gasteiger partial charge is 0.221 e. The van der Waals surface area contributed by atoms with E-state index < -0.39 is 0 Å². The molecule has 162 valence electrons. The van der Waals surface area contributed by atoms with E-state index in [2.05, 4.69) is 44.5 Å². The summed E-state index contributed by atoms with van der Waals surface area (Å²) in [6.45, 7) is 4.51. The number of carbonyl (C=O) groups is 1. The molecule has 3 heterocycles. The third-order valence-electron chi connectivity index (χ3n) is 6.10. The summed E-state index contributed by atoms with van der Waals surface area (Å²) in [6, 6.07) is 16.6. The lowest BCUT2D eigenvalue weighted by atomic mass is 9.91. The molecule has 0 unspecified atom stereocenters. The molecule has 2 aromatic carbocycles. The summed E-state index contributed by atoms with van der Waals surface area (Å²) in [4.78, 5) is 26.7. The minimum atomic E-state index is -0.0812. The second-order valence-electron chi connectivity index (χ2n) is 8.53. The maximum absolute atomic E-state index is 11.5. The van der Waals surface area contributed by atoms with E-state index in [0.717, 1.165) is 55.1 Å². The highest BCUT2D eigenvalue weighted by Gasteiger charge is 2.25. The Bertz CT molecular complexity index is 1250. The number of aromatic amines is 1. The van der Waals surface area contributed by atoms with Crippen molar-refractivity contribution in [3.63, 3.8) is 0 Å². The quantitative estimate of drug-likeness (QED) is 0.474. The Labute approximate surface area is 187 Å². The van der Waals surface area contributed by atoms with Gasteiger partial charge in [0.2, 0.25) is 5.91 Å². The highest BCUT2D eigenvalue weighted by Crippen LogP contribution is 2.33. The van der Waals surface area contributed by atoms with Gasteiger partial charge in [0.25, 0.3) is 0 Å². The fourth-order valence-electron chi connectivity index (χ4n) is 4.70. The SMILES string of the molecule is CC(=O)Nc1cccc(-c2nccnc2[C@@H]2CCCN(Cc3ccc4[nH]ccc4c3)C2)c1. The van der Waals surface area contributed by atoms with E-state index >= 15 is 0 Å². The van der Waals surface area contributed by atoms with Crippen LogP contribution in [-0.2, 0) is 11.3 Å². The number of amides is 1. The molecule has 0 saturated carbocycles. The van der Waals surface area contributed by atoms with Crippen LogP contribution in [0.4, 0.5) is 5.69 Å². The molecule has 6 heteroatoms. The van der Waals surface area contributed by atoms with Gasteiger partial charge in [0.15, 0.2) is 0 Å². The van der Waals surface area contributed by atoms with Gasteiger partial charge in [-0.2, -0.15) is 0 Å². The van der Waals surface area contributed by atoms with Crippen LogP contribution >= 0.6 is 0 Å². The molecular weight excluding hydrogens is 398 g/mol. The average molecular weight is 426 g/mol. The Balaban J connectivity index is 1.37. The number of H-pyrrole nitrogens is 1. The third kappa shape index (κ3) is 4.41. The van der Waals surface area contributed by atoms with Crippen molar-refractivity contribution in [2.75, 3.05) is 18.4 Å². The molecule has 1 atom stereocenters. The van der Waals surface area contributed by atoms with E-state index in [1.807, 2.05) is 30.5 Å². The molecule has 1 aliphatic rings. The molecule has 2 aromatic heterocycles. The summed E-state index contributed by atoms with van der Waals surface area (Å²) in [5.74, 6) is 0.245. The molecule has 0 spiro atoms. The van der Waals surface area contributed by atoms with E-state index in [-0.39, 0.29) is 5.91 Å². The number of rotatable bonds is 5. The van der Waals surface area contributed by atoms with Crippen LogP contribution < -0.4 is 5.32 Å². The molecule has 0 aliphatic carbocycles. The number of likely N-dealkylation sites (tertiary alicyclic amines) is 1. The lowest BCUT2D eigenvalue weighted by molar-refractivity contribution is -0.114. The van der Waals surface area contributed by atoms with Gasteiger partial charge in [-0.1, -0.05) is 18.2 Å². The summed E-state index contributed by atoms with van der Waals surface area (Å²) in [7, 11) is 0. The van der Waals surface area contributed by atoms with Gasteiger partial charge in [0.1, 0.15) is 0 Å². The first-order valence-electron chi connectivity index (χ1n) is 11.1. The molecule has 1 aliphatic heterocycles. The summed E-state index contributed by atoms with van der Waals surface area (Å²) in [6.07, 6.45) is 7.76. The first-order chi connectivity index (χ1) is 15.7. The van der Waals surface area contributed by atoms with Crippen LogP contribution in [0.15, 0.2) is 67.1 Å². The molecule has 6 nitrogen and oxygen atoms in total. The van der Waals surface area contributed by atoms with Crippen LogP contribution in [0.5, 0.6) is 0 Å². The van der Waals surface area contributed by atoms with Gasteiger partial charge in [-0.05, 0) is 60.7 Å². The van der Waals surface area contributed by atoms with Crippen molar-refractivity contribution in [2.45, 2.75) is 32.2 Å². The maximum atomic E-state index is 11.5. The molecule has 5 rings (SSSR count). The van der Waals surface area contributed by atoms with Crippen molar-refractivity contribution in [1.29, 1.82) is 0 Å². The predicted octanol–water partition coefficient (Wildman–Crippen LogP) is 4.96. The van der Waals surface area contributed by atoms with Crippen LogP contribution in [0.1, 0.15) is 36.9 Å². The second kappa shape index (κ2) is 8.93. The number of anilines is 1. The van der Waals surface area contributed by atoms with Crippen molar-refractivity contribution in [3.8, 4) is 11.3 Å². The molecular formula is C26H27N5O. The zero-order valence-corrected chi connectivity index (χ0v) is 18.2. The molecule has 1 saturated heterocycles. The number of nitrogens with zero attached hydrogens (tertiary/aromatic N) is 3.